The van der Waals surface area contributed by atoms with Crippen LogP contribution in [0.1, 0.15) is 37.7 Å². The van der Waals surface area contributed by atoms with Gasteiger partial charge < -0.3 is 14.2 Å². The number of carbonyl (C=O) groups excluding carboxylic acids is 2. The summed E-state index contributed by atoms with van der Waals surface area (Å²) >= 11 is 1.20. The maximum absolute atomic E-state index is 13.8. The predicted octanol–water partition coefficient (Wildman–Crippen LogP) is 0.997. The molecule has 35 heavy (non-hydrogen) atoms. The Hall–Kier alpha value is -2.77. The first kappa shape index (κ1) is 22.7. The first-order valence-electron chi connectivity index (χ1n) is 11.7. The molecule has 0 N–H and O–H groups in total. The van der Waals surface area contributed by atoms with Gasteiger partial charge in [0, 0.05) is 36.9 Å². The summed E-state index contributed by atoms with van der Waals surface area (Å²) in [5.41, 5.74) is 0.00646. The number of carbonyl (C=O) groups is 2. The molecule has 6 heterocycles. The van der Waals surface area contributed by atoms with Crippen molar-refractivity contribution in [1.29, 1.82) is 0 Å². The van der Waals surface area contributed by atoms with Gasteiger partial charge in [-0.3, -0.25) is 4.90 Å². The van der Waals surface area contributed by atoms with Crippen molar-refractivity contribution in [2.45, 2.75) is 74.5 Å². The van der Waals surface area contributed by atoms with Crippen molar-refractivity contribution in [3.8, 4) is 0 Å². The topological polar surface area (TPSA) is 118 Å². The zero-order valence-corrected chi connectivity index (χ0v) is 19.6. The second kappa shape index (κ2) is 8.71. The van der Waals surface area contributed by atoms with Crippen molar-refractivity contribution in [3.63, 3.8) is 0 Å². The summed E-state index contributed by atoms with van der Waals surface area (Å²) in [6, 6.07) is 4.20. The fraction of sp³-hybridized carbons (Fsp3) is 0.591. The smallest absolute Gasteiger partial charge is 0.394 e. The van der Waals surface area contributed by atoms with Gasteiger partial charge in [-0.1, -0.05) is 17.8 Å². The van der Waals surface area contributed by atoms with Gasteiger partial charge in [0.1, 0.15) is 5.75 Å². The molecule has 4 aliphatic rings. The van der Waals surface area contributed by atoms with Gasteiger partial charge in [-0.15, -0.1) is 5.10 Å². The van der Waals surface area contributed by atoms with E-state index >= 15 is 0 Å². The summed E-state index contributed by atoms with van der Waals surface area (Å²) in [6.45, 7) is 1.44. The van der Waals surface area contributed by atoms with Crippen LogP contribution in [-0.4, -0.2) is 66.7 Å². The van der Waals surface area contributed by atoms with Crippen LogP contribution in [0.2, 0.25) is 0 Å². The van der Waals surface area contributed by atoms with E-state index in [1.54, 1.807) is 12.1 Å². The standard InChI is InChI=1S/C22H24FN5O6S/c23-17-13(3-1-6-24-17)11-32-16-9-14-4-5-15(10-16)26(14)7-2-8-27-21(31)28-20(25-27)35-12-22(28)33-18(29)19(30)34-22/h1,3,6,14-16H,2,4-5,7-12H2. The van der Waals surface area contributed by atoms with Crippen LogP contribution in [0.25, 0.3) is 0 Å². The average Bonchev–Trinajstić information content (AvgIpc) is 3.50. The third-order valence-corrected chi connectivity index (χ3v) is 8.17. The number of aryl methyl sites for hydroxylation is 1. The van der Waals surface area contributed by atoms with Crippen molar-refractivity contribution in [1.82, 2.24) is 24.2 Å². The lowest BCUT2D eigenvalue weighted by molar-refractivity contribution is -0.209. The van der Waals surface area contributed by atoms with Crippen LogP contribution in [0.15, 0.2) is 28.3 Å². The van der Waals surface area contributed by atoms with Gasteiger partial charge in [-0.05, 0) is 38.2 Å². The molecule has 2 atom stereocenters. The van der Waals surface area contributed by atoms with E-state index in [-0.39, 0.29) is 18.5 Å². The van der Waals surface area contributed by atoms with Crippen molar-refractivity contribution in [2.24, 2.45) is 0 Å². The van der Waals surface area contributed by atoms with Gasteiger partial charge in [0.15, 0.2) is 5.16 Å². The number of thioether (sulfide) groups is 1. The molecule has 2 bridgehead atoms. The van der Waals surface area contributed by atoms with Crippen LogP contribution in [0.4, 0.5) is 4.39 Å². The Bertz CT molecular complexity index is 1200. The van der Waals surface area contributed by atoms with E-state index in [0.717, 1.165) is 36.8 Å². The fourth-order valence-corrected chi connectivity index (χ4v) is 6.61. The molecule has 13 heteroatoms. The van der Waals surface area contributed by atoms with E-state index in [4.69, 9.17) is 14.2 Å². The Balaban J connectivity index is 1.04. The molecule has 2 aromatic rings. The Kier molecular flexibility index (Phi) is 5.65. The second-order valence-electron chi connectivity index (χ2n) is 9.24. The highest BCUT2D eigenvalue weighted by molar-refractivity contribution is 7.99. The lowest BCUT2D eigenvalue weighted by Crippen LogP contribution is -2.46. The van der Waals surface area contributed by atoms with Crippen LogP contribution in [0, 0.1) is 5.95 Å². The highest BCUT2D eigenvalue weighted by Gasteiger charge is 2.56. The summed E-state index contributed by atoms with van der Waals surface area (Å²) in [6.07, 6.45) is 6.22. The molecule has 11 nitrogen and oxygen atoms in total. The SMILES string of the molecule is O=C1OC2(CSc3nn(CCCN4C5CCC4CC(OCc4cccnc4F)C5)c(=O)n32)OC1=O. The van der Waals surface area contributed by atoms with Gasteiger partial charge in [0.25, 0.3) is 0 Å². The molecule has 6 rings (SSSR count). The minimum Gasteiger partial charge on any atom is -0.394 e. The first-order chi connectivity index (χ1) is 16.9. The molecule has 2 unspecified atom stereocenters. The van der Waals surface area contributed by atoms with Crippen LogP contribution >= 0.6 is 11.8 Å². The molecule has 186 valence electrons. The maximum Gasteiger partial charge on any atom is 0.422 e. The Labute approximate surface area is 203 Å². The molecule has 3 fully saturated rings. The van der Waals surface area contributed by atoms with Crippen molar-refractivity contribution >= 4 is 23.7 Å². The van der Waals surface area contributed by atoms with Crippen LogP contribution in [0.3, 0.4) is 0 Å². The number of ether oxygens (including phenoxy) is 3. The normalized spacial score (nSPS) is 26.8. The molecule has 0 saturated carbocycles. The summed E-state index contributed by atoms with van der Waals surface area (Å²) in [7, 11) is 0. The number of nitrogens with zero attached hydrogens (tertiary/aromatic N) is 5. The Morgan fingerprint density at radius 2 is 1.89 bits per heavy atom. The Morgan fingerprint density at radius 3 is 2.60 bits per heavy atom. The molecule has 3 saturated heterocycles. The van der Waals surface area contributed by atoms with E-state index < -0.39 is 29.5 Å². The number of fused-ring (bicyclic) bond motifs is 4. The summed E-state index contributed by atoms with van der Waals surface area (Å²) < 4.78 is 32.4. The number of rotatable bonds is 7. The van der Waals surface area contributed by atoms with Gasteiger partial charge in [0.2, 0.25) is 5.95 Å². The number of hydrogen-bond donors (Lipinski definition) is 0. The molecule has 0 aromatic carbocycles. The summed E-state index contributed by atoms with van der Waals surface area (Å²) in [5, 5.41) is 4.70. The van der Waals surface area contributed by atoms with Crippen molar-refractivity contribution in [3.05, 3.63) is 40.3 Å². The fourth-order valence-electron chi connectivity index (χ4n) is 5.55. The largest absolute Gasteiger partial charge is 0.422 e. The van der Waals surface area contributed by atoms with Gasteiger partial charge in [-0.25, -0.2) is 24.0 Å². The molecular formula is C22H24FN5O6S. The van der Waals surface area contributed by atoms with Crippen molar-refractivity contribution < 1.29 is 28.2 Å². The Morgan fingerprint density at radius 1 is 1.14 bits per heavy atom. The van der Waals surface area contributed by atoms with Gasteiger partial charge >= 0.3 is 23.5 Å². The highest BCUT2D eigenvalue weighted by atomic mass is 32.2. The number of piperidine rings is 1. The van der Waals surface area contributed by atoms with Crippen LogP contribution in [0.5, 0.6) is 0 Å². The van der Waals surface area contributed by atoms with E-state index in [1.165, 1.54) is 22.6 Å². The highest BCUT2D eigenvalue weighted by Crippen LogP contribution is 2.40. The molecule has 0 amide bonds. The summed E-state index contributed by atoms with van der Waals surface area (Å²) in [5.74, 6) is -4.31. The number of esters is 2. The van der Waals surface area contributed by atoms with Crippen LogP contribution in [-0.2, 0) is 42.9 Å². The quantitative estimate of drug-likeness (QED) is 0.306. The average molecular weight is 506 g/mol. The molecular weight excluding hydrogens is 481 g/mol. The molecule has 0 aliphatic carbocycles. The molecule has 4 aliphatic heterocycles. The zero-order chi connectivity index (χ0) is 24.2. The second-order valence-corrected chi connectivity index (χ2v) is 10.2. The minimum absolute atomic E-state index is 0.0899. The first-order valence-corrected chi connectivity index (χ1v) is 12.7. The third kappa shape index (κ3) is 3.95. The number of halogens is 1. The van der Waals surface area contributed by atoms with Crippen molar-refractivity contribution in [2.75, 3.05) is 12.3 Å². The van der Waals surface area contributed by atoms with E-state index in [1.807, 2.05) is 0 Å². The maximum atomic E-state index is 13.8. The molecule has 1 spiro atoms. The zero-order valence-electron chi connectivity index (χ0n) is 18.8. The van der Waals surface area contributed by atoms with Crippen LogP contribution < -0.4 is 5.69 Å². The minimum atomic E-state index is -1.72. The number of hydrogen-bond acceptors (Lipinski definition) is 10. The van der Waals surface area contributed by atoms with E-state index in [0.29, 0.717) is 35.8 Å². The molecule has 0 radical (unpaired) electrons. The summed E-state index contributed by atoms with van der Waals surface area (Å²) in [4.78, 5) is 42.2. The van der Waals surface area contributed by atoms with Gasteiger partial charge in [-0.2, -0.15) is 8.96 Å². The lowest BCUT2D eigenvalue weighted by Gasteiger charge is -2.38. The molecule has 2 aromatic heterocycles. The lowest BCUT2D eigenvalue weighted by atomic mass is 9.99. The number of aromatic nitrogens is 4. The van der Waals surface area contributed by atoms with E-state index in [9.17, 15) is 18.8 Å². The predicted molar refractivity (Wildman–Crippen MR) is 118 cm³/mol. The monoisotopic (exact) mass is 505 g/mol. The number of pyridine rings is 1. The van der Waals surface area contributed by atoms with E-state index in [2.05, 4.69) is 15.0 Å². The van der Waals surface area contributed by atoms with Gasteiger partial charge in [0.05, 0.1) is 12.7 Å². The third-order valence-electron chi connectivity index (χ3n) is 7.14.